The fourth-order valence-corrected chi connectivity index (χ4v) is 2.82. The first-order valence-electron chi connectivity index (χ1n) is 6.75. The Morgan fingerprint density at radius 3 is 3.05 bits per heavy atom. The number of ether oxygens (including phenoxy) is 1. The molecule has 20 heavy (non-hydrogen) atoms. The Hall–Kier alpha value is -1.10. The van der Waals surface area contributed by atoms with E-state index >= 15 is 0 Å². The molecular formula is C15H17ClFNO2. The van der Waals surface area contributed by atoms with Crippen LogP contribution in [0.2, 0.25) is 5.02 Å². The highest BCUT2D eigenvalue weighted by atomic mass is 35.5. The van der Waals surface area contributed by atoms with Crippen molar-refractivity contribution in [2.45, 2.75) is 25.1 Å². The number of alkyl halides is 1. The van der Waals surface area contributed by atoms with Gasteiger partial charge in [-0.3, -0.25) is 0 Å². The maximum absolute atomic E-state index is 14.9. The van der Waals surface area contributed by atoms with Crippen LogP contribution in [0, 0.1) is 0 Å². The number of morpholine rings is 1. The summed E-state index contributed by atoms with van der Waals surface area (Å²) in [6, 6.07) is 7.17. The summed E-state index contributed by atoms with van der Waals surface area (Å²) in [7, 11) is 0. The third-order valence-electron chi connectivity index (χ3n) is 3.64. The third kappa shape index (κ3) is 2.68. The number of fused-ring (bicyclic) bond motifs is 1. The predicted octanol–water partition coefficient (Wildman–Crippen LogP) is 3.65. The van der Waals surface area contributed by atoms with Gasteiger partial charge in [0.2, 0.25) is 0 Å². The second kappa shape index (κ2) is 5.35. The topological polar surface area (TPSA) is 34.4 Å². The molecule has 2 atom stereocenters. The van der Waals surface area contributed by atoms with Crippen LogP contribution < -0.4 is 5.32 Å². The van der Waals surface area contributed by atoms with Crippen molar-refractivity contribution in [3.8, 4) is 0 Å². The zero-order valence-electron chi connectivity index (χ0n) is 11.3. The van der Waals surface area contributed by atoms with E-state index in [4.69, 9.17) is 20.8 Å². The molecular weight excluding hydrogens is 281 g/mol. The SMILES string of the molecule is CC(F)(CC1COCCN1)c1cc2cccc(Cl)c2o1. The van der Waals surface area contributed by atoms with E-state index in [0.717, 1.165) is 11.9 Å². The zero-order valence-corrected chi connectivity index (χ0v) is 12.0. The molecule has 1 aliphatic rings. The van der Waals surface area contributed by atoms with Crippen LogP contribution in [0.4, 0.5) is 4.39 Å². The maximum Gasteiger partial charge on any atom is 0.167 e. The monoisotopic (exact) mass is 297 g/mol. The van der Waals surface area contributed by atoms with Crippen LogP contribution in [0.15, 0.2) is 28.7 Å². The molecule has 2 unspecified atom stereocenters. The van der Waals surface area contributed by atoms with Crippen molar-refractivity contribution in [2.75, 3.05) is 19.8 Å². The maximum atomic E-state index is 14.9. The van der Waals surface area contributed by atoms with Gasteiger partial charge in [0, 0.05) is 24.4 Å². The highest BCUT2D eigenvalue weighted by Gasteiger charge is 2.34. The smallest absolute Gasteiger partial charge is 0.167 e. The summed E-state index contributed by atoms with van der Waals surface area (Å²) in [6.45, 7) is 3.50. The van der Waals surface area contributed by atoms with Crippen molar-refractivity contribution in [3.63, 3.8) is 0 Å². The lowest BCUT2D eigenvalue weighted by Gasteiger charge is -2.28. The Bertz CT molecular complexity index is 605. The van der Waals surface area contributed by atoms with Gasteiger partial charge in [0.1, 0.15) is 5.76 Å². The highest BCUT2D eigenvalue weighted by Crippen LogP contribution is 2.36. The van der Waals surface area contributed by atoms with Gasteiger partial charge in [-0.1, -0.05) is 23.7 Å². The summed E-state index contributed by atoms with van der Waals surface area (Å²) in [5.74, 6) is 0.313. The fraction of sp³-hybridized carbons (Fsp3) is 0.467. The molecule has 2 aromatic rings. The first-order chi connectivity index (χ1) is 9.56. The Balaban J connectivity index is 1.86. The van der Waals surface area contributed by atoms with Crippen molar-refractivity contribution in [3.05, 3.63) is 35.0 Å². The van der Waals surface area contributed by atoms with E-state index in [1.165, 1.54) is 6.92 Å². The molecule has 0 radical (unpaired) electrons. The summed E-state index contributed by atoms with van der Waals surface area (Å²) >= 11 is 6.06. The van der Waals surface area contributed by atoms with Crippen LogP contribution in [0.3, 0.4) is 0 Å². The number of hydrogen-bond donors (Lipinski definition) is 1. The molecule has 3 rings (SSSR count). The van der Waals surface area contributed by atoms with Crippen molar-refractivity contribution in [2.24, 2.45) is 0 Å². The molecule has 1 aliphatic heterocycles. The van der Waals surface area contributed by atoms with Crippen LogP contribution in [-0.2, 0) is 10.4 Å². The molecule has 0 aliphatic carbocycles. The van der Waals surface area contributed by atoms with Gasteiger partial charge < -0.3 is 14.5 Å². The Kier molecular flexibility index (Phi) is 3.71. The second-order valence-corrected chi connectivity index (χ2v) is 5.80. The summed E-state index contributed by atoms with van der Waals surface area (Å²) in [4.78, 5) is 0. The van der Waals surface area contributed by atoms with Crippen molar-refractivity contribution >= 4 is 22.6 Å². The van der Waals surface area contributed by atoms with Gasteiger partial charge in [0.15, 0.2) is 11.3 Å². The van der Waals surface area contributed by atoms with Gasteiger partial charge in [-0.15, -0.1) is 0 Å². The lowest BCUT2D eigenvalue weighted by molar-refractivity contribution is 0.0413. The van der Waals surface area contributed by atoms with E-state index in [-0.39, 0.29) is 6.04 Å². The number of nitrogens with one attached hydrogen (secondary N) is 1. The molecule has 2 heterocycles. The minimum atomic E-state index is -1.55. The molecule has 1 saturated heterocycles. The second-order valence-electron chi connectivity index (χ2n) is 5.40. The van der Waals surface area contributed by atoms with E-state index in [1.54, 1.807) is 12.1 Å². The highest BCUT2D eigenvalue weighted by molar-refractivity contribution is 6.34. The predicted molar refractivity (Wildman–Crippen MR) is 76.9 cm³/mol. The largest absolute Gasteiger partial charge is 0.456 e. The molecule has 0 spiro atoms. The summed E-state index contributed by atoms with van der Waals surface area (Å²) in [5.41, 5.74) is -1.01. The van der Waals surface area contributed by atoms with Gasteiger partial charge >= 0.3 is 0 Å². The Labute approximate surface area is 122 Å². The number of hydrogen-bond acceptors (Lipinski definition) is 3. The van der Waals surface area contributed by atoms with Gasteiger partial charge in [-0.05, 0) is 19.1 Å². The standard InChI is InChI=1S/C15H17ClFNO2/c1-15(17,8-11-9-19-6-5-18-11)13-7-10-3-2-4-12(16)14(10)20-13/h2-4,7,11,18H,5-6,8-9H2,1H3. The van der Waals surface area contributed by atoms with Gasteiger partial charge in [0.25, 0.3) is 0 Å². The zero-order chi connectivity index (χ0) is 14.2. The van der Waals surface area contributed by atoms with E-state index in [2.05, 4.69) is 5.32 Å². The minimum Gasteiger partial charge on any atom is -0.456 e. The van der Waals surface area contributed by atoms with Crippen LogP contribution in [0.1, 0.15) is 19.1 Å². The summed E-state index contributed by atoms with van der Waals surface area (Å²) in [6.07, 6.45) is 0.310. The number of benzene rings is 1. The number of halogens is 2. The molecule has 1 fully saturated rings. The lowest BCUT2D eigenvalue weighted by atomic mass is 9.95. The minimum absolute atomic E-state index is 0.00225. The molecule has 0 saturated carbocycles. The van der Waals surface area contributed by atoms with E-state index < -0.39 is 5.67 Å². The number of furan rings is 1. The van der Waals surface area contributed by atoms with Gasteiger partial charge in [-0.2, -0.15) is 0 Å². The third-order valence-corrected chi connectivity index (χ3v) is 3.94. The Morgan fingerprint density at radius 2 is 2.35 bits per heavy atom. The molecule has 1 aromatic carbocycles. The molecule has 0 amide bonds. The first kappa shape index (κ1) is 13.9. The molecule has 0 bridgehead atoms. The Morgan fingerprint density at radius 1 is 1.50 bits per heavy atom. The molecule has 108 valence electrons. The van der Waals surface area contributed by atoms with Crippen molar-refractivity contribution in [1.29, 1.82) is 0 Å². The van der Waals surface area contributed by atoms with Crippen LogP contribution in [0.5, 0.6) is 0 Å². The number of rotatable bonds is 3. The molecule has 1 N–H and O–H groups in total. The lowest BCUT2D eigenvalue weighted by Crippen LogP contribution is -2.44. The molecule has 5 heteroatoms. The van der Waals surface area contributed by atoms with Crippen LogP contribution >= 0.6 is 11.6 Å². The van der Waals surface area contributed by atoms with Crippen molar-refractivity contribution in [1.82, 2.24) is 5.32 Å². The fourth-order valence-electron chi connectivity index (χ4n) is 2.60. The normalized spacial score (nSPS) is 22.9. The van der Waals surface area contributed by atoms with E-state index in [0.29, 0.717) is 36.0 Å². The van der Waals surface area contributed by atoms with Crippen LogP contribution in [-0.4, -0.2) is 25.8 Å². The van der Waals surface area contributed by atoms with Crippen molar-refractivity contribution < 1.29 is 13.5 Å². The van der Waals surface area contributed by atoms with Gasteiger partial charge in [0.05, 0.1) is 18.2 Å². The average molecular weight is 298 g/mol. The summed E-state index contributed by atoms with van der Waals surface area (Å²) in [5, 5.41) is 4.58. The quantitative estimate of drug-likeness (QED) is 0.939. The summed E-state index contributed by atoms with van der Waals surface area (Å²) < 4.78 is 25.9. The average Bonchev–Trinajstić information content (AvgIpc) is 2.86. The van der Waals surface area contributed by atoms with E-state index in [1.807, 2.05) is 12.1 Å². The van der Waals surface area contributed by atoms with Gasteiger partial charge in [-0.25, -0.2) is 4.39 Å². The van der Waals surface area contributed by atoms with Crippen LogP contribution in [0.25, 0.3) is 11.0 Å². The van der Waals surface area contributed by atoms with E-state index in [9.17, 15) is 4.39 Å². The first-order valence-corrected chi connectivity index (χ1v) is 7.13. The molecule has 1 aromatic heterocycles. The molecule has 3 nitrogen and oxygen atoms in total. The number of para-hydroxylation sites is 1.